The number of nitro groups is 1. The fourth-order valence-corrected chi connectivity index (χ4v) is 4.35. The first-order valence-corrected chi connectivity index (χ1v) is 12.1. The molecule has 10 heteroatoms. The van der Waals surface area contributed by atoms with Crippen LogP contribution < -0.4 is 10.1 Å². The summed E-state index contributed by atoms with van der Waals surface area (Å²) in [6.45, 7) is 5.72. The highest BCUT2D eigenvalue weighted by Crippen LogP contribution is 2.28. The molecule has 0 radical (unpaired) electrons. The maximum Gasteiger partial charge on any atom is 0.271 e. The molecule has 1 N–H and O–H groups in total. The summed E-state index contributed by atoms with van der Waals surface area (Å²) in [5, 5.41) is 22.6. The smallest absolute Gasteiger partial charge is 0.271 e. The largest absolute Gasteiger partial charge is 0.486 e. The number of aromatic nitrogens is 3. The van der Waals surface area contributed by atoms with Crippen LogP contribution in [-0.2, 0) is 11.4 Å². The highest BCUT2D eigenvalue weighted by Gasteiger charge is 2.22. The van der Waals surface area contributed by atoms with Gasteiger partial charge in [0.2, 0.25) is 5.91 Å². The van der Waals surface area contributed by atoms with Crippen LogP contribution >= 0.6 is 11.8 Å². The molecule has 0 unspecified atom stereocenters. The standard InChI is InChI=1S/C26H25N5O4S/c1-17-8-7-11-22(14-17)35-16-24-28-29-26(30(24)20-9-5-4-6-10-20)36-19(3)25(32)27-23-15-21(31(33)34)13-12-18(23)2/h4-15,19H,16H2,1-3H3,(H,27,32)/t19-/m1/s1. The zero-order valence-electron chi connectivity index (χ0n) is 20.0. The molecule has 0 saturated carbocycles. The number of ether oxygens (including phenoxy) is 1. The molecule has 4 rings (SSSR count). The summed E-state index contributed by atoms with van der Waals surface area (Å²) < 4.78 is 7.82. The average molecular weight is 504 g/mol. The summed E-state index contributed by atoms with van der Waals surface area (Å²) in [7, 11) is 0. The number of nitro benzene ring substituents is 1. The van der Waals surface area contributed by atoms with E-state index in [1.54, 1.807) is 19.9 Å². The zero-order valence-corrected chi connectivity index (χ0v) is 20.9. The number of para-hydroxylation sites is 1. The maximum absolute atomic E-state index is 13.0. The highest BCUT2D eigenvalue weighted by molar-refractivity contribution is 8.00. The van der Waals surface area contributed by atoms with E-state index in [1.807, 2.05) is 66.1 Å². The van der Waals surface area contributed by atoms with Crippen LogP contribution in [0.5, 0.6) is 5.75 Å². The van der Waals surface area contributed by atoms with Crippen LogP contribution in [0.2, 0.25) is 0 Å². The monoisotopic (exact) mass is 503 g/mol. The van der Waals surface area contributed by atoms with Gasteiger partial charge in [0.05, 0.1) is 15.9 Å². The van der Waals surface area contributed by atoms with Crippen molar-refractivity contribution in [3.05, 3.63) is 99.9 Å². The lowest BCUT2D eigenvalue weighted by molar-refractivity contribution is -0.384. The Morgan fingerprint density at radius 3 is 2.58 bits per heavy atom. The van der Waals surface area contributed by atoms with Gasteiger partial charge in [-0.15, -0.1) is 10.2 Å². The minimum absolute atomic E-state index is 0.0849. The molecule has 0 aliphatic rings. The Morgan fingerprint density at radius 2 is 1.86 bits per heavy atom. The Balaban J connectivity index is 1.54. The fourth-order valence-electron chi connectivity index (χ4n) is 3.46. The highest BCUT2D eigenvalue weighted by atomic mass is 32.2. The van der Waals surface area contributed by atoms with E-state index in [4.69, 9.17) is 4.74 Å². The summed E-state index contributed by atoms with van der Waals surface area (Å²) in [6, 6.07) is 21.7. The topological polar surface area (TPSA) is 112 Å². The molecule has 0 aliphatic heterocycles. The minimum atomic E-state index is -0.555. The molecular formula is C26H25N5O4S. The van der Waals surface area contributed by atoms with Crippen LogP contribution in [0, 0.1) is 24.0 Å². The van der Waals surface area contributed by atoms with Crippen molar-refractivity contribution in [2.45, 2.75) is 37.8 Å². The number of carbonyl (C=O) groups excluding carboxylic acids is 1. The number of nitrogens with one attached hydrogen (secondary N) is 1. The second-order valence-corrected chi connectivity index (χ2v) is 9.49. The average Bonchev–Trinajstić information content (AvgIpc) is 3.26. The third kappa shape index (κ3) is 5.89. The molecule has 0 saturated heterocycles. The van der Waals surface area contributed by atoms with Crippen LogP contribution in [0.3, 0.4) is 0 Å². The van der Waals surface area contributed by atoms with E-state index in [0.29, 0.717) is 16.7 Å². The molecule has 1 aromatic heterocycles. The summed E-state index contributed by atoms with van der Waals surface area (Å²) >= 11 is 1.24. The predicted molar refractivity (Wildman–Crippen MR) is 139 cm³/mol. The van der Waals surface area contributed by atoms with Gasteiger partial charge in [-0.25, -0.2) is 0 Å². The zero-order chi connectivity index (χ0) is 25.7. The van der Waals surface area contributed by atoms with Gasteiger partial charge < -0.3 is 10.1 Å². The number of nitrogens with zero attached hydrogens (tertiary/aromatic N) is 4. The Labute approximate surface area is 212 Å². The van der Waals surface area contributed by atoms with Crippen molar-refractivity contribution in [1.29, 1.82) is 0 Å². The third-order valence-corrected chi connectivity index (χ3v) is 6.46. The van der Waals surface area contributed by atoms with Crippen LogP contribution in [-0.4, -0.2) is 30.8 Å². The molecule has 1 amide bonds. The van der Waals surface area contributed by atoms with Gasteiger partial charge >= 0.3 is 0 Å². The van der Waals surface area contributed by atoms with Crippen LogP contribution in [0.1, 0.15) is 23.9 Å². The van der Waals surface area contributed by atoms with Gasteiger partial charge in [-0.3, -0.25) is 19.5 Å². The van der Waals surface area contributed by atoms with Crippen molar-refractivity contribution in [3.63, 3.8) is 0 Å². The molecule has 3 aromatic carbocycles. The van der Waals surface area contributed by atoms with Crippen LogP contribution in [0.25, 0.3) is 5.69 Å². The number of hydrogen-bond donors (Lipinski definition) is 1. The third-order valence-electron chi connectivity index (χ3n) is 5.41. The normalized spacial score (nSPS) is 11.6. The number of anilines is 1. The molecule has 0 fully saturated rings. The lowest BCUT2D eigenvalue weighted by Gasteiger charge is -2.15. The molecule has 0 spiro atoms. The van der Waals surface area contributed by atoms with Gasteiger partial charge in [0, 0.05) is 17.8 Å². The van der Waals surface area contributed by atoms with Crippen molar-refractivity contribution in [3.8, 4) is 11.4 Å². The summed E-state index contributed by atoms with van der Waals surface area (Å²) in [6.07, 6.45) is 0. The van der Waals surface area contributed by atoms with E-state index in [1.165, 1.54) is 23.9 Å². The van der Waals surface area contributed by atoms with E-state index in [0.717, 1.165) is 22.6 Å². The lowest BCUT2D eigenvalue weighted by atomic mass is 10.2. The number of thioether (sulfide) groups is 1. The second-order valence-electron chi connectivity index (χ2n) is 8.18. The Kier molecular flexibility index (Phi) is 7.65. The first-order chi connectivity index (χ1) is 17.3. The number of benzene rings is 3. The van der Waals surface area contributed by atoms with Crippen molar-refractivity contribution < 1.29 is 14.5 Å². The van der Waals surface area contributed by atoms with Gasteiger partial charge in [-0.2, -0.15) is 0 Å². The van der Waals surface area contributed by atoms with Crippen molar-refractivity contribution in [1.82, 2.24) is 14.8 Å². The number of rotatable bonds is 9. The number of aryl methyl sites for hydroxylation is 2. The van der Waals surface area contributed by atoms with Crippen molar-refractivity contribution in [2.24, 2.45) is 0 Å². The molecule has 4 aromatic rings. The SMILES string of the molecule is Cc1cccc(OCc2nnc(S[C@H](C)C(=O)Nc3cc([N+](=O)[O-])ccc3C)n2-c2ccccc2)c1. The first-order valence-electron chi connectivity index (χ1n) is 11.2. The first kappa shape index (κ1) is 24.9. The Hall–Kier alpha value is -4.18. The summed E-state index contributed by atoms with van der Waals surface area (Å²) in [5.74, 6) is 1.02. The van der Waals surface area contributed by atoms with Gasteiger partial charge in [0.25, 0.3) is 5.69 Å². The van der Waals surface area contributed by atoms with Crippen LogP contribution in [0.4, 0.5) is 11.4 Å². The predicted octanol–water partition coefficient (Wildman–Crippen LogP) is 5.49. The lowest BCUT2D eigenvalue weighted by Crippen LogP contribution is -2.23. The molecule has 0 bridgehead atoms. The molecule has 36 heavy (non-hydrogen) atoms. The van der Waals surface area contributed by atoms with E-state index < -0.39 is 10.2 Å². The van der Waals surface area contributed by atoms with Crippen molar-refractivity contribution >= 4 is 29.0 Å². The Morgan fingerprint density at radius 1 is 1.08 bits per heavy atom. The quantitative estimate of drug-likeness (QED) is 0.183. The van der Waals surface area contributed by atoms with Gasteiger partial charge in [0.15, 0.2) is 11.0 Å². The summed E-state index contributed by atoms with van der Waals surface area (Å²) in [5.41, 5.74) is 2.98. The van der Waals surface area contributed by atoms with Gasteiger partial charge in [-0.05, 0) is 56.2 Å². The van der Waals surface area contributed by atoms with Gasteiger partial charge in [0.1, 0.15) is 12.4 Å². The van der Waals surface area contributed by atoms with Crippen molar-refractivity contribution in [2.75, 3.05) is 5.32 Å². The fraction of sp³-hybridized carbons (Fsp3) is 0.192. The van der Waals surface area contributed by atoms with Gasteiger partial charge in [-0.1, -0.05) is 48.2 Å². The number of hydrogen-bond acceptors (Lipinski definition) is 7. The Bertz CT molecular complexity index is 1390. The second kappa shape index (κ2) is 11.0. The minimum Gasteiger partial charge on any atom is -0.486 e. The van der Waals surface area contributed by atoms with E-state index in [9.17, 15) is 14.9 Å². The number of carbonyl (C=O) groups is 1. The van der Waals surface area contributed by atoms with E-state index in [-0.39, 0.29) is 18.2 Å². The molecule has 184 valence electrons. The van der Waals surface area contributed by atoms with E-state index >= 15 is 0 Å². The molecule has 1 heterocycles. The summed E-state index contributed by atoms with van der Waals surface area (Å²) in [4.78, 5) is 23.6. The molecule has 0 aliphatic carbocycles. The molecule has 9 nitrogen and oxygen atoms in total. The number of amides is 1. The van der Waals surface area contributed by atoms with Crippen LogP contribution in [0.15, 0.2) is 78.0 Å². The maximum atomic E-state index is 13.0. The number of non-ortho nitro benzene ring substituents is 1. The molecule has 1 atom stereocenters. The molecular weight excluding hydrogens is 478 g/mol. The van der Waals surface area contributed by atoms with E-state index in [2.05, 4.69) is 15.5 Å².